The molecular formula is C23H21N3O3S. The maximum atomic E-state index is 13.1. The minimum Gasteiger partial charge on any atom is -0.497 e. The van der Waals surface area contributed by atoms with Gasteiger partial charge in [-0.25, -0.2) is 4.98 Å². The van der Waals surface area contributed by atoms with Crippen LogP contribution in [0.4, 0.5) is 11.4 Å². The van der Waals surface area contributed by atoms with E-state index >= 15 is 0 Å². The number of ether oxygens (including phenoxy) is 1. The van der Waals surface area contributed by atoms with Crippen LogP contribution in [0.5, 0.6) is 5.75 Å². The first-order valence-corrected chi connectivity index (χ1v) is 10.4. The smallest absolute Gasteiger partial charge is 0.261 e. The summed E-state index contributed by atoms with van der Waals surface area (Å²) < 4.78 is 5.14. The number of pyridine rings is 1. The molecule has 2 heterocycles. The Balaban J connectivity index is 1.67. The summed E-state index contributed by atoms with van der Waals surface area (Å²) in [5, 5.41) is 3.59. The van der Waals surface area contributed by atoms with Gasteiger partial charge in [-0.2, -0.15) is 0 Å². The molecule has 152 valence electrons. The molecule has 0 aliphatic carbocycles. The van der Waals surface area contributed by atoms with Crippen LogP contribution in [0.15, 0.2) is 70.7 Å². The zero-order valence-corrected chi connectivity index (χ0v) is 17.7. The largest absolute Gasteiger partial charge is 0.497 e. The molecule has 1 aliphatic heterocycles. The van der Waals surface area contributed by atoms with Crippen molar-refractivity contribution in [2.24, 2.45) is 0 Å². The van der Waals surface area contributed by atoms with Gasteiger partial charge in [-0.05, 0) is 68.4 Å². The Bertz CT molecular complexity index is 1110. The van der Waals surface area contributed by atoms with E-state index in [0.29, 0.717) is 27.6 Å². The van der Waals surface area contributed by atoms with Crippen LogP contribution in [-0.2, 0) is 0 Å². The maximum absolute atomic E-state index is 13.1. The van der Waals surface area contributed by atoms with Gasteiger partial charge >= 0.3 is 0 Å². The van der Waals surface area contributed by atoms with Crippen molar-refractivity contribution in [1.29, 1.82) is 0 Å². The number of fused-ring (bicyclic) bond motifs is 2. The second-order valence-corrected chi connectivity index (χ2v) is 8.12. The minimum atomic E-state index is -0.216. The number of hydrogen-bond acceptors (Lipinski definition) is 5. The van der Waals surface area contributed by atoms with E-state index in [0.717, 1.165) is 10.6 Å². The van der Waals surface area contributed by atoms with Gasteiger partial charge in [0.25, 0.3) is 11.8 Å². The molecule has 2 amide bonds. The molecule has 1 aromatic heterocycles. The number of benzene rings is 2. The lowest BCUT2D eigenvalue weighted by Crippen LogP contribution is -2.37. The zero-order valence-electron chi connectivity index (χ0n) is 16.9. The first-order chi connectivity index (χ1) is 14.5. The third-order valence-corrected chi connectivity index (χ3v) is 5.84. The van der Waals surface area contributed by atoms with Crippen molar-refractivity contribution in [3.63, 3.8) is 0 Å². The van der Waals surface area contributed by atoms with Crippen LogP contribution in [0.2, 0.25) is 0 Å². The van der Waals surface area contributed by atoms with Crippen molar-refractivity contribution >= 4 is 35.0 Å². The molecule has 1 N–H and O–H groups in total. The molecule has 0 atom stereocenters. The molecule has 0 radical (unpaired) electrons. The van der Waals surface area contributed by atoms with Crippen molar-refractivity contribution < 1.29 is 14.3 Å². The number of amides is 2. The molecule has 0 unspecified atom stereocenters. The first kappa shape index (κ1) is 20.0. The number of rotatable bonds is 4. The molecule has 1 aliphatic rings. The van der Waals surface area contributed by atoms with Gasteiger partial charge in [-0.1, -0.05) is 11.8 Å². The van der Waals surface area contributed by atoms with Crippen molar-refractivity contribution in [3.8, 4) is 5.75 Å². The van der Waals surface area contributed by atoms with Crippen LogP contribution >= 0.6 is 11.8 Å². The fourth-order valence-electron chi connectivity index (χ4n) is 3.31. The third kappa shape index (κ3) is 3.76. The molecule has 7 heteroatoms. The average Bonchev–Trinajstić information content (AvgIpc) is 2.87. The van der Waals surface area contributed by atoms with Gasteiger partial charge in [-0.3, -0.25) is 9.59 Å². The number of nitrogens with one attached hydrogen (secondary N) is 1. The van der Waals surface area contributed by atoms with Gasteiger partial charge in [0.1, 0.15) is 10.8 Å². The van der Waals surface area contributed by atoms with E-state index in [2.05, 4.69) is 10.3 Å². The number of nitrogens with zero attached hydrogens (tertiary/aromatic N) is 2. The van der Waals surface area contributed by atoms with Crippen LogP contribution in [0.1, 0.15) is 34.6 Å². The Morgan fingerprint density at radius 3 is 2.60 bits per heavy atom. The fourth-order valence-corrected chi connectivity index (χ4v) is 4.35. The van der Waals surface area contributed by atoms with E-state index in [1.165, 1.54) is 11.8 Å². The SMILES string of the molecule is COc1ccc(C(=O)Nc2ccc3c(c2)Sc2ncccc2C(=O)N3C(C)C)cc1. The van der Waals surface area contributed by atoms with Gasteiger partial charge in [0.2, 0.25) is 0 Å². The number of aromatic nitrogens is 1. The molecule has 2 aromatic carbocycles. The van der Waals surface area contributed by atoms with Gasteiger partial charge in [0, 0.05) is 28.4 Å². The van der Waals surface area contributed by atoms with E-state index in [-0.39, 0.29) is 17.9 Å². The average molecular weight is 420 g/mol. The highest BCUT2D eigenvalue weighted by atomic mass is 32.2. The summed E-state index contributed by atoms with van der Waals surface area (Å²) in [4.78, 5) is 32.8. The summed E-state index contributed by atoms with van der Waals surface area (Å²) >= 11 is 1.43. The molecule has 3 aromatic rings. The summed E-state index contributed by atoms with van der Waals surface area (Å²) in [6.45, 7) is 3.96. The normalized spacial score (nSPS) is 12.8. The Morgan fingerprint density at radius 2 is 1.90 bits per heavy atom. The molecule has 6 nitrogen and oxygen atoms in total. The Hall–Kier alpha value is -3.32. The van der Waals surface area contributed by atoms with Crippen molar-refractivity contribution in [2.75, 3.05) is 17.3 Å². The lowest BCUT2D eigenvalue weighted by molar-refractivity contribution is 0.0975. The predicted octanol–water partition coefficient (Wildman–Crippen LogP) is 4.86. The standard InChI is InChI=1S/C23H21N3O3S/c1-14(2)26-19-11-8-16(25-21(27)15-6-9-17(29-3)10-7-15)13-20(19)30-22-18(23(26)28)5-4-12-24-22/h4-14H,1-3H3,(H,25,27). The fraction of sp³-hybridized carbons (Fsp3) is 0.174. The summed E-state index contributed by atoms with van der Waals surface area (Å²) in [6, 6.07) is 16.0. The van der Waals surface area contributed by atoms with E-state index in [1.54, 1.807) is 54.6 Å². The topological polar surface area (TPSA) is 71.5 Å². The van der Waals surface area contributed by atoms with E-state index in [4.69, 9.17) is 4.74 Å². The van der Waals surface area contributed by atoms with Crippen molar-refractivity contribution in [2.45, 2.75) is 29.8 Å². The van der Waals surface area contributed by atoms with E-state index < -0.39 is 0 Å². The summed E-state index contributed by atoms with van der Waals surface area (Å²) in [6.07, 6.45) is 1.68. The molecular weight excluding hydrogens is 398 g/mol. The predicted molar refractivity (Wildman–Crippen MR) is 118 cm³/mol. The van der Waals surface area contributed by atoms with Gasteiger partial charge in [0.15, 0.2) is 0 Å². The van der Waals surface area contributed by atoms with Crippen LogP contribution in [0.3, 0.4) is 0 Å². The molecule has 0 fully saturated rings. The second-order valence-electron chi connectivity index (χ2n) is 7.09. The summed E-state index contributed by atoms with van der Waals surface area (Å²) in [7, 11) is 1.58. The highest BCUT2D eigenvalue weighted by Crippen LogP contribution is 2.42. The van der Waals surface area contributed by atoms with E-state index in [9.17, 15) is 9.59 Å². The molecule has 0 spiro atoms. The Labute approximate surface area is 179 Å². The highest BCUT2D eigenvalue weighted by Gasteiger charge is 2.30. The second kappa shape index (κ2) is 8.20. The monoisotopic (exact) mass is 419 g/mol. The third-order valence-electron chi connectivity index (χ3n) is 4.77. The summed E-state index contributed by atoms with van der Waals surface area (Å²) in [5.74, 6) is 0.401. The Kier molecular flexibility index (Phi) is 5.46. The molecule has 0 saturated heterocycles. The number of carbonyl (C=O) groups is 2. The Morgan fingerprint density at radius 1 is 1.13 bits per heavy atom. The van der Waals surface area contributed by atoms with E-state index in [1.807, 2.05) is 32.0 Å². The highest BCUT2D eigenvalue weighted by molar-refractivity contribution is 7.99. The van der Waals surface area contributed by atoms with Crippen LogP contribution < -0.4 is 15.0 Å². The van der Waals surface area contributed by atoms with Crippen molar-refractivity contribution in [3.05, 3.63) is 71.9 Å². The molecule has 4 rings (SSSR count). The lowest BCUT2D eigenvalue weighted by Gasteiger charge is -2.27. The minimum absolute atomic E-state index is 0.0252. The number of carbonyl (C=O) groups excluding carboxylic acids is 2. The van der Waals surface area contributed by atoms with Crippen LogP contribution in [0, 0.1) is 0 Å². The molecule has 30 heavy (non-hydrogen) atoms. The molecule has 0 bridgehead atoms. The van der Waals surface area contributed by atoms with Crippen LogP contribution in [-0.4, -0.2) is 29.9 Å². The maximum Gasteiger partial charge on any atom is 0.261 e. The van der Waals surface area contributed by atoms with Gasteiger partial charge in [0.05, 0.1) is 18.4 Å². The first-order valence-electron chi connectivity index (χ1n) is 9.54. The van der Waals surface area contributed by atoms with Crippen molar-refractivity contribution in [1.82, 2.24) is 4.98 Å². The number of anilines is 2. The number of methoxy groups -OCH3 is 1. The molecule has 0 saturated carbocycles. The number of hydrogen-bond donors (Lipinski definition) is 1. The van der Waals surface area contributed by atoms with Gasteiger partial charge in [-0.15, -0.1) is 0 Å². The summed E-state index contributed by atoms with van der Waals surface area (Å²) in [5.41, 5.74) is 2.57. The zero-order chi connectivity index (χ0) is 21.3. The van der Waals surface area contributed by atoms with Gasteiger partial charge < -0.3 is 15.0 Å². The van der Waals surface area contributed by atoms with Crippen LogP contribution in [0.25, 0.3) is 0 Å². The quantitative estimate of drug-likeness (QED) is 0.654. The lowest BCUT2D eigenvalue weighted by atomic mass is 10.1.